The van der Waals surface area contributed by atoms with Crippen molar-refractivity contribution in [1.29, 1.82) is 0 Å². The molecule has 1 aliphatic rings. The Labute approximate surface area is 100 Å². The van der Waals surface area contributed by atoms with E-state index >= 15 is 0 Å². The molecule has 1 aliphatic heterocycles. The molecule has 1 heterocycles. The van der Waals surface area contributed by atoms with Crippen LogP contribution in [0.4, 0.5) is 13.2 Å². The van der Waals surface area contributed by atoms with Gasteiger partial charge in [-0.15, -0.1) is 5.10 Å². The molecule has 1 aromatic rings. The Morgan fingerprint density at radius 1 is 1.22 bits per heavy atom. The summed E-state index contributed by atoms with van der Waals surface area (Å²) in [6, 6.07) is 4.95. The zero-order valence-electron chi connectivity index (χ0n) is 9.07. The van der Waals surface area contributed by atoms with Crippen LogP contribution in [-0.4, -0.2) is 12.2 Å². The number of hydrogen-bond donors (Lipinski definition) is 3. The van der Waals surface area contributed by atoms with Crippen LogP contribution in [-0.2, 0) is 11.8 Å². The summed E-state index contributed by atoms with van der Waals surface area (Å²) >= 11 is 0. The quantitative estimate of drug-likeness (QED) is 0.692. The standard InChI is InChI=1S/C10H10F3N5/c11-10(12,13)7-4-2-1-3-6(7)9(15)5-16-18-8(14)17-9/h1-5H,15H2,(H3,14,17,18). The van der Waals surface area contributed by atoms with Crippen LogP contribution in [0, 0.1) is 0 Å². The Hall–Kier alpha value is -2.09. The smallest absolute Gasteiger partial charge is 0.368 e. The van der Waals surface area contributed by atoms with Crippen molar-refractivity contribution < 1.29 is 13.2 Å². The minimum absolute atomic E-state index is 0.142. The van der Waals surface area contributed by atoms with Crippen LogP contribution >= 0.6 is 0 Å². The van der Waals surface area contributed by atoms with Crippen molar-refractivity contribution in [3.05, 3.63) is 35.4 Å². The predicted molar refractivity (Wildman–Crippen MR) is 60.6 cm³/mol. The molecule has 0 saturated carbocycles. The molecule has 0 saturated heterocycles. The van der Waals surface area contributed by atoms with E-state index < -0.39 is 17.4 Å². The van der Waals surface area contributed by atoms with Gasteiger partial charge in [-0.3, -0.25) is 0 Å². The van der Waals surface area contributed by atoms with E-state index in [9.17, 15) is 13.2 Å². The van der Waals surface area contributed by atoms with E-state index in [1.165, 1.54) is 18.2 Å². The van der Waals surface area contributed by atoms with E-state index in [0.717, 1.165) is 12.3 Å². The van der Waals surface area contributed by atoms with Gasteiger partial charge in [0.25, 0.3) is 0 Å². The number of benzene rings is 1. The van der Waals surface area contributed by atoms with Crippen molar-refractivity contribution in [2.45, 2.75) is 11.8 Å². The normalized spacial score (nSPS) is 23.4. The summed E-state index contributed by atoms with van der Waals surface area (Å²) in [5.41, 5.74) is 8.58. The second kappa shape index (κ2) is 3.98. The molecule has 1 unspecified atom stereocenters. The van der Waals surface area contributed by atoms with Gasteiger partial charge in [-0.05, 0) is 6.07 Å². The maximum atomic E-state index is 12.9. The molecule has 2 rings (SSSR count). The third-order valence-electron chi connectivity index (χ3n) is 2.44. The van der Waals surface area contributed by atoms with Crippen LogP contribution in [0.15, 0.2) is 34.5 Å². The lowest BCUT2D eigenvalue weighted by molar-refractivity contribution is -0.138. The van der Waals surface area contributed by atoms with E-state index in [1.807, 2.05) is 0 Å². The highest BCUT2D eigenvalue weighted by atomic mass is 19.4. The Balaban J connectivity index is 2.53. The number of hydrogen-bond acceptors (Lipinski definition) is 5. The van der Waals surface area contributed by atoms with Gasteiger partial charge in [0, 0.05) is 5.56 Å². The van der Waals surface area contributed by atoms with E-state index in [0.29, 0.717) is 0 Å². The van der Waals surface area contributed by atoms with Crippen molar-refractivity contribution in [3.8, 4) is 0 Å². The van der Waals surface area contributed by atoms with Crippen molar-refractivity contribution in [3.63, 3.8) is 0 Å². The zero-order valence-corrected chi connectivity index (χ0v) is 9.07. The lowest BCUT2D eigenvalue weighted by atomic mass is 9.95. The summed E-state index contributed by atoms with van der Waals surface area (Å²) in [5, 5.41) is 9.41. The first-order valence-corrected chi connectivity index (χ1v) is 4.94. The first-order valence-electron chi connectivity index (χ1n) is 4.94. The fourth-order valence-electron chi connectivity index (χ4n) is 1.68. The largest absolute Gasteiger partial charge is 0.416 e. The molecule has 96 valence electrons. The number of nitrogens with one attached hydrogen (secondary N) is 1. The monoisotopic (exact) mass is 257 g/mol. The predicted octanol–water partition coefficient (Wildman–Crippen LogP) is 0.721. The highest BCUT2D eigenvalue weighted by Gasteiger charge is 2.40. The Bertz CT molecular complexity index is 522. The number of guanidine groups is 1. The number of rotatable bonds is 1. The lowest BCUT2D eigenvalue weighted by Crippen LogP contribution is -2.58. The summed E-state index contributed by atoms with van der Waals surface area (Å²) in [5.74, 6) is -0.142. The maximum absolute atomic E-state index is 12.9. The fourth-order valence-corrected chi connectivity index (χ4v) is 1.68. The molecule has 0 aliphatic carbocycles. The van der Waals surface area contributed by atoms with Crippen LogP contribution in [0.2, 0.25) is 0 Å². The summed E-state index contributed by atoms with van der Waals surface area (Å²) in [4.78, 5) is 0. The van der Waals surface area contributed by atoms with Gasteiger partial charge in [0.1, 0.15) is 0 Å². The number of nitrogens with two attached hydrogens (primary N) is 2. The molecule has 0 fully saturated rings. The van der Waals surface area contributed by atoms with Gasteiger partial charge in [-0.1, -0.05) is 18.2 Å². The number of halogens is 3. The second-order valence-electron chi connectivity index (χ2n) is 3.77. The second-order valence-corrected chi connectivity index (χ2v) is 3.77. The lowest BCUT2D eigenvalue weighted by Gasteiger charge is -2.31. The molecule has 0 amide bonds. The average Bonchev–Trinajstić information content (AvgIpc) is 2.27. The minimum atomic E-state index is -4.51. The van der Waals surface area contributed by atoms with Gasteiger partial charge in [-0.2, -0.15) is 18.3 Å². The van der Waals surface area contributed by atoms with Crippen LogP contribution in [0.5, 0.6) is 0 Å². The van der Waals surface area contributed by atoms with Crippen LogP contribution in [0.25, 0.3) is 0 Å². The highest BCUT2D eigenvalue weighted by Crippen LogP contribution is 2.34. The third-order valence-corrected chi connectivity index (χ3v) is 2.44. The molecule has 1 atom stereocenters. The Morgan fingerprint density at radius 3 is 2.50 bits per heavy atom. The van der Waals surface area contributed by atoms with Gasteiger partial charge in [0.2, 0.25) is 5.96 Å². The van der Waals surface area contributed by atoms with E-state index in [1.54, 1.807) is 0 Å². The fraction of sp³-hybridized carbons (Fsp3) is 0.200. The molecule has 0 spiro atoms. The summed E-state index contributed by atoms with van der Waals surface area (Å²) in [7, 11) is 0. The van der Waals surface area contributed by atoms with Crippen LogP contribution < -0.4 is 16.8 Å². The van der Waals surface area contributed by atoms with E-state index in [4.69, 9.17) is 11.5 Å². The van der Waals surface area contributed by atoms with Gasteiger partial charge in [0.15, 0.2) is 5.66 Å². The molecule has 1 aromatic carbocycles. The zero-order chi connectivity index (χ0) is 13.4. The first kappa shape index (κ1) is 12.4. The first-order chi connectivity index (χ1) is 8.33. The Morgan fingerprint density at radius 2 is 1.89 bits per heavy atom. The average molecular weight is 257 g/mol. The molecule has 0 bridgehead atoms. The molecular formula is C10H10F3N5. The molecule has 0 aromatic heterocycles. The summed E-state index contributed by atoms with van der Waals surface area (Å²) in [6.45, 7) is 0. The van der Waals surface area contributed by atoms with Gasteiger partial charge >= 0.3 is 6.18 Å². The number of nitrogens with zero attached hydrogens (tertiary/aromatic N) is 2. The number of alkyl halides is 3. The van der Waals surface area contributed by atoms with Gasteiger partial charge in [-0.25, -0.2) is 0 Å². The van der Waals surface area contributed by atoms with E-state index in [2.05, 4.69) is 15.5 Å². The molecule has 0 radical (unpaired) electrons. The molecule has 8 heteroatoms. The molecular weight excluding hydrogens is 247 g/mol. The van der Waals surface area contributed by atoms with Crippen molar-refractivity contribution in [1.82, 2.24) is 5.32 Å². The Kier molecular flexibility index (Phi) is 2.74. The van der Waals surface area contributed by atoms with Crippen LogP contribution in [0.1, 0.15) is 11.1 Å². The minimum Gasteiger partial charge on any atom is -0.368 e. The summed E-state index contributed by atoms with van der Waals surface area (Å²) < 4.78 is 38.6. The van der Waals surface area contributed by atoms with Crippen molar-refractivity contribution >= 4 is 12.2 Å². The topological polar surface area (TPSA) is 88.8 Å². The molecule has 5 N–H and O–H groups in total. The van der Waals surface area contributed by atoms with E-state index in [-0.39, 0.29) is 11.5 Å². The van der Waals surface area contributed by atoms with Crippen LogP contribution in [0.3, 0.4) is 0 Å². The van der Waals surface area contributed by atoms with Crippen molar-refractivity contribution in [2.24, 2.45) is 21.7 Å². The maximum Gasteiger partial charge on any atom is 0.416 e. The SMILES string of the molecule is NC1=NN=CC(N)(c2ccccc2C(F)(F)F)N1. The molecule has 18 heavy (non-hydrogen) atoms. The highest BCUT2D eigenvalue weighted by molar-refractivity contribution is 5.88. The third kappa shape index (κ3) is 2.14. The molecule has 5 nitrogen and oxygen atoms in total. The van der Waals surface area contributed by atoms with Gasteiger partial charge in [0.05, 0.1) is 11.8 Å². The van der Waals surface area contributed by atoms with Gasteiger partial charge < -0.3 is 16.8 Å². The summed E-state index contributed by atoms with van der Waals surface area (Å²) in [6.07, 6.45) is -3.43. The van der Waals surface area contributed by atoms with Crippen molar-refractivity contribution in [2.75, 3.05) is 0 Å².